The minimum absolute atomic E-state index is 0.132. The van der Waals surface area contributed by atoms with Gasteiger partial charge in [-0.2, -0.15) is 0 Å². The summed E-state index contributed by atoms with van der Waals surface area (Å²) in [5, 5.41) is -0.530. The SMILES string of the molecule is O=c1[nH]c2cc(F)ccc2n1CC1CCCCS1(=O)=O. The molecule has 0 saturated carbocycles. The van der Waals surface area contributed by atoms with Crippen LogP contribution in [0.1, 0.15) is 19.3 Å². The summed E-state index contributed by atoms with van der Waals surface area (Å²) in [6.45, 7) is 0.132. The number of H-pyrrole nitrogens is 1. The van der Waals surface area contributed by atoms with E-state index in [9.17, 15) is 17.6 Å². The molecule has 1 aromatic heterocycles. The predicted octanol–water partition coefficient (Wildman–Crippen LogP) is 1.44. The summed E-state index contributed by atoms with van der Waals surface area (Å²) in [6.07, 6.45) is 2.12. The molecule has 7 heteroatoms. The first kappa shape index (κ1) is 13.4. The second kappa shape index (κ2) is 4.73. The molecule has 1 atom stereocenters. The minimum Gasteiger partial charge on any atom is -0.305 e. The van der Waals surface area contributed by atoms with E-state index in [1.165, 1.54) is 22.8 Å². The summed E-state index contributed by atoms with van der Waals surface area (Å²) in [5.74, 6) is -0.250. The lowest BCUT2D eigenvalue weighted by Crippen LogP contribution is -2.34. The number of fused-ring (bicyclic) bond motifs is 1. The maximum atomic E-state index is 13.1. The average molecular weight is 298 g/mol. The van der Waals surface area contributed by atoms with E-state index in [2.05, 4.69) is 4.98 Å². The molecule has 0 spiro atoms. The smallest absolute Gasteiger partial charge is 0.305 e. The van der Waals surface area contributed by atoms with Crippen LogP contribution in [0.2, 0.25) is 0 Å². The highest BCUT2D eigenvalue weighted by molar-refractivity contribution is 7.92. The Morgan fingerprint density at radius 3 is 2.90 bits per heavy atom. The van der Waals surface area contributed by atoms with Crippen LogP contribution in [0.3, 0.4) is 0 Å². The van der Waals surface area contributed by atoms with Gasteiger partial charge in [-0.05, 0) is 31.0 Å². The van der Waals surface area contributed by atoms with Crippen LogP contribution in [0.25, 0.3) is 11.0 Å². The highest BCUT2D eigenvalue weighted by Gasteiger charge is 2.29. The van der Waals surface area contributed by atoms with Gasteiger partial charge in [0.25, 0.3) is 0 Å². The van der Waals surface area contributed by atoms with E-state index in [-0.39, 0.29) is 12.3 Å². The molecule has 1 saturated heterocycles. The number of nitrogens with one attached hydrogen (secondary N) is 1. The van der Waals surface area contributed by atoms with Crippen LogP contribution in [-0.4, -0.2) is 29.0 Å². The lowest BCUT2D eigenvalue weighted by molar-refractivity contribution is 0.508. The van der Waals surface area contributed by atoms with Gasteiger partial charge >= 0.3 is 5.69 Å². The van der Waals surface area contributed by atoms with Crippen molar-refractivity contribution < 1.29 is 12.8 Å². The molecule has 1 N–H and O–H groups in total. The second-order valence-corrected chi connectivity index (χ2v) is 7.59. The predicted molar refractivity (Wildman–Crippen MR) is 73.9 cm³/mol. The molecular formula is C13H15FN2O3S. The van der Waals surface area contributed by atoms with Crippen LogP contribution in [0.15, 0.2) is 23.0 Å². The van der Waals surface area contributed by atoms with Gasteiger partial charge in [-0.25, -0.2) is 17.6 Å². The number of halogens is 1. The molecule has 1 fully saturated rings. The summed E-state index contributed by atoms with van der Waals surface area (Å²) in [5.41, 5.74) is 0.534. The summed E-state index contributed by atoms with van der Waals surface area (Å²) < 4.78 is 38.6. The fraction of sp³-hybridized carbons (Fsp3) is 0.462. The van der Waals surface area contributed by atoms with Gasteiger partial charge in [0.2, 0.25) is 0 Å². The van der Waals surface area contributed by atoms with Crippen LogP contribution in [0.4, 0.5) is 4.39 Å². The standard InChI is InChI=1S/C13H15FN2O3S/c14-9-4-5-12-11(7-9)15-13(17)16(12)8-10-3-1-2-6-20(10,18)19/h4-5,7,10H,1-3,6,8H2,(H,15,17). The number of imidazole rings is 1. The van der Waals surface area contributed by atoms with Crippen LogP contribution in [0.5, 0.6) is 0 Å². The van der Waals surface area contributed by atoms with Crippen molar-refractivity contribution >= 4 is 20.9 Å². The van der Waals surface area contributed by atoms with E-state index in [0.717, 1.165) is 6.42 Å². The summed E-state index contributed by atoms with van der Waals surface area (Å²) in [6, 6.07) is 4.00. The molecule has 2 aromatic rings. The summed E-state index contributed by atoms with van der Waals surface area (Å²) in [7, 11) is -3.14. The molecule has 1 aliphatic heterocycles. The number of hydrogen-bond donors (Lipinski definition) is 1. The Morgan fingerprint density at radius 1 is 1.35 bits per heavy atom. The highest BCUT2D eigenvalue weighted by Crippen LogP contribution is 2.22. The molecule has 0 aliphatic carbocycles. The van der Waals surface area contributed by atoms with E-state index in [1.807, 2.05) is 0 Å². The van der Waals surface area contributed by atoms with Crippen molar-refractivity contribution in [2.45, 2.75) is 31.1 Å². The minimum atomic E-state index is -3.14. The van der Waals surface area contributed by atoms with Gasteiger partial charge in [0.15, 0.2) is 9.84 Å². The Morgan fingerprint density at radius 2 is 2.15 bits per heavy atom. The van der Waals surface area contributed by atoms with Crippen molar-refractivity contribution in [1.29, 1.82) is 0 Å². The lowest BCUT2D eigenvalue weighted by atomic mass is 10.2. The first-order valence-electron chi connectivity index (χ1n) is 6.57. The van der Waals surface area contributed by atoms with Crippen LogP contribution < -0.4 is 5.69 Å². The first-order chi connectivity index (χ1) is 9.47. The number of aromatic nitrogens is 2. The number of sulfone groups is 1. The molecular weight excluding hydrogens is 283 g/mol. The molecule has 0 bridgehead atoms. The van der Waals surface area contributed by atoms with Crippen molar-refractivity contribution in [3.8, 4) is 0 Å². The largest absolute Gasteiger partial charge is 0.326 e. The molecule has 1 aliphatic rings. The summed E-state index contributed by atoms with van der Waals surface area (Å²) >= 11 is 0. The Bertz CT molecular complexity index is 807. The van der Waals surface area contributed by atoms with Crippen molar-refractivity contribution in [1.82, 2.24) is 9.55 Å². The van der Waals surface area contributed by atoms with E-state index in [4.69, 9.17) is 0 Å². The van der Waals surface area contributed by atoms with Gasteiger partial charge in [0, 0.05) is 6.54 Å². The normalized spacial score (nSPS) is 22.1. The maximum absolute atomic E-state index is 13.1. The topological polar surface area (TPSA) is 71.9 Å². The Balaban J connectivity index is 2.02. The van der Waals surface area contributed by atoms with Crippen LogP contribution >= 0.6 is 0 Å². The average Bonchev–Trinajstić information content (AvgIpc) is 2.67. The third-order valence-corrected chi connectivity index (χ3v) is 6.09. The molecule has 5 nitrogen and oxygen atoms in total. The zero-order valence-corrected chi connectivity index (χ0v) is 11.6. The van der Waals surface area contributed by atoms with E-state index in [0.29, 0.717) is 23.9 Å². The van der Waals surface area contributed by atoms with Gasteiger partial charge in [0.1, 0.15) is 5.82 Å². The number of benzene rings is 1. The Hall–Kier alpha value is -1.63. The van der Waals surface area contributed by atoms with Crippen molar-refractivity contribution in [3.63, 3.8) is 0 Å². The zero-order valence-electron chi connectivity index (χ0n) is 10.8. The third kappa shape index (κ3) is 2.26. The molecule has 1 aromatic carbocycles. The second-order valence-electron chi connectivity index (χ2n) is 5.19. The molecule has 0 radical (unpaired) electrons. The number of hydrogen-bond acceptors (Lipinski definition) is 3. The summed E-state index contributed by atoms with van der Waals surface area (Å²) in [4.78, 5) is 14.5. The maximum Gasteiger partial charge on any atom is 0.326 e. The van der Waals surface area contributed by atoms with Gasteiger partial charge in [-0.3, -0.25) is 4.57 Å². The first-order valence-corrected chi connectivity index (χ1v) is 8.28. The van der Waals surface area contributed by atoms with E-state index >= 15 is 0 Å². The van der Waals surface area contributed by atoms with Gasteiger partial charge in [0.05, 0.1) is 22.0 Å². The quantitative estimate of drug-likeness (QED) is 0.912. The van der Waals surface area contributed by atoms with E-state index in [1.54, 1.807) is 0 Å². The monoisotopic (exact) mass is 298 g/mol. The molecule has 1 unspecified atom stereocenters. The fourth-order valence-electron chi connectivity index (χ4n) is 2.75. The highest BCUT2D eigenvalue weighted by atomic mass is 32.2. The van der Waals surface area contributed by atoms with Crippen LogP contribution in [-0.2, 0) is 16.4 Å². The third-order valence-electron chi connectivity index (χ3n) is 3.84. The Labute approximate surface area is 115 Å². The lowest BCUT2D eigenvalue weighted by Gasteiger charge is -2.22. The molecule has 20 heavy (non-hydrogen) atoms. The van der Waals surface area contributed by atoms with Crippen molar-refractivity contribution in [3.05, 3.63) is 34.5 Å². The molecule has 108 valence electrons. The fourth-order valence-corrected chi connectivity index (χ4v) is 4.59. The van der Waals surface area contributed by atoms with Gasteiger partial charge in [-0.1, -0.05) is 6.42 Å². The Kier molecular flexibility index (Phi) is 3.16. The van der Waals surface area contributed by atoms with Crippen molar-refractivity contribution in [2.75, 3.05) is 5.75 Å². The molecule has 2 heterocycles. The van der Waals surface area contributed by atoms with E-state index < -0.39 is 26.6 Å². The van der Waals surface area contributed by atoms with Gasteiger partial charge in [-0.15, -0.1) is 0 Å². The van der Waals surface area contributed by atoms with Crippen LogP contribution in [0, 0.1) is 5.82 Å². The number of aromatic amines is 1. The molecule has 0 amide bonds. The zero-order chi connectivity index (χ0) is 14.3. The number of rotatable bonds is 2. The van der Waals surface area contributed by atoms with Gasteiger partial charge < -0.3 is 4.98 Å². The van der Waals surface area contributed by atoms with Crippen molar-refractivity contribution in [2.24, 2.45) is 0 Å². The molecule has 3 rings (SSSR count). The number of nitrogens with zero attached hydrogens (tertiary/aromatic N) is 1.